The van der Waals surface area contributed by atoms with Gasteiger partial charge in [0.2, 0.25) is 0 Å². The van der Waals surface area contributed by atoms with Crippen molar-refractivity contribution >= 4 is 17.6 Å². The molecule has 0 aromatic rings. The molecule has 0 aromatic carbocycles. The maximum Gasteiger partial charge on any atom is 0.308 e. The van der Waals surface area contributed by atoms with Crippen LogP contribution in [0, 0.1) is 5.92 Å². The molecule has 66 valence electrons. The SMILES string of the molecule is O=C(O)C(CO)C[C@H](O)CCl. The van der Waals surface area contributed by atoms with Crippen LogP contribution in [-0.4, -0.2) is 39.9 Å². The Hall–Kier alpha value is -0.320. The number of carboxylic acids is 1. The molecule has 0 aromatic heterocycles. The Balaban J connectivity index is 3.77. The molecule has 0 aliphatic heterocycles. The van der Waals surface area contributed by atoms with Gasteiger partial charge in [-0.05, 0) is 6.42 Å². The van der Waals surface area contributed by atoms with Crippen molar-refractivity contribution in [3.8, 4) is 0 Å². The number of aliphatic hydroxyl groups is 2. The highest BCUT2D eigenvalue weighted by atomic mass is 35.5. The molecule has 0 aliphatic rings. The number of aliphatic hydroxyl groups excluding tert-OH is 2. The molecule has 0 aliphatic carbocycles. The lowest BCUT2D eigenvalue weighted by atomic mass is 10.0. The van der Waals surface area contributed by atoms with E-state index in [1.54, 1.807) is 0 Å². The fraction of sp³-hybridized carbons (Fsp3) is 0.833. The van der Waals surface area contributed by atoms with Crippen molar-refractivity contribution < 1.29 is 20.1 Å². The second kappa shape index (κ2) is 5.35. The summed E-state index contributed by atoms with van der Waals surface area (Å²) in [6.07, 6.45) is -0.861. The van der Waals surface area contributed by atoms with E-state index >= 15 is 0 Å². The van der Waals surface area contributed by atoms with Crippen LogP contribution >= 0.6 is 11.6 Å². The van der Waals surface area contributed by atoms with Crippen molar-refractivity contribution in [2.45, 2.75) is 12.5 Å². The first kappa shape index (κ1) is 10.7. The average molecular weight is 183 g/mol. The van der Waals surface area contributed by atoms with Crippen LogP contribution in [0.5, 0.6) is 0 Å². The van der Waals surface area contributed by atoms with Gasteiger partial charge in [0.1, 0.15) is 0 Å². The number of aliphatic carboxylic acids is 1. The summed E-state index contributed by atoms with van der Waals surface area (Å²) in [6.45, 7) is -0.469. The summed E-state index contributed by atoms with van der Waals surface area (Å²) in [5.41, 5.74) is 0. The topological polar surface area (TPSA) is 77.8 Å². The summed E-state index contributed by atoms with van der Waals surface area (Å²) in [5.74, 6) is -2.04. The van der Waals surface area contributed by atoms with E-state index in [0.29, 0.717) is 0 Å². The van der Waals surface area contributed by atoms with Crippen LogP contribution in [0.2, 0.25) is 0 Å². The number of halogens is 1. The van der Waals surface area contributed by atoms with Crippen molar-refractivity contribution in [2.75, 3.05) is 12.5 Å². The summed E-state index contributed by atoms with van der Waals surface area (Å²) < 4.78 is 0. The summed E-state index contributed by atoms with van der Waals surface area (Å²) in [4.78, 5) is 10.3. The Labute approximate surface area is 69.4 Å². The Bertz CT molecular complexity index is 128. The van der Waals surface area contributed by atoms with Crippen LogP contribution in [-0.2, 0) is 4.79 Å². The van der Waals surface area contributed by atoms with E-state index in [0.717, 1.165) is 0 Å². The van der Waals surface area contributed by atoms with Gasteiger partial charge >= 0.3 is 5.97 Å². The highest BCUT2D eigenvalue weighted by Crippen LogP contribution is 2.07. The molecule has 3 N–H and O–H groups in total. The minimum Gasteiger partial charge on any atom is -0.481 e. The summed E-state index contributed by atoms with van der Waals surface area (Å²) in [6, 6.07) is 0. The Morgan fingerprint density at radius 3 is 2.36 bits per heavy atom. The third-order valence-corrected chi connectivity index (χ3v) is 1.66. The van der Waals surface area contributed by atoms with Gasteiger partial charge in [0, 0.05) is 5.88 Å². The lowest BCUT2D eigenvalue weighted by Crippen LogP contribution is -2.24. The van der Waals surface area contributed by atoms with Gasteiger partial charge in [-0.2, -0.15) is 0 Å². The van der Waals surface area contributed by atoms with E-state index in [-0.39, 0.29) is 12.3 Å². The third-order valence-electron chi connectivity index (χ3n) is 1.30. The molecule has 0 heterocycles. The van der Waals surface area contributed by atoms with Crippen LogP contribution in [0.1, 0.15) is 6.42 Å². The molecule has 0 spiro atoms. The number of hydrogen-bond acceptors (Lipinski definition) is 3. The fourth-order valence-electron chi connectivity index (χ4n) is 0.645. The molecule has 5 heteroatoms. The zero-order valence-electron chi connectivity index (χ0n) is 5.90. The molecular formula is C6H11ClO4. The number of carbonyl (C=O) groups is 1. The summed E-state index contributed by atoms with van der Waals surface area (Å²) >= 11 is 5.23. The van der Waals surface area contributed by atoms with Crippen molar-refractivity contribution in [3.05, 3.63) is 0 Å². The van der Waals surface area contributed by atoms with E-state index in [1.165, 1.54) is 0 Å². The number of hydrogen-bond donors (Lipinski definition) is 3. The van der Waals surface area contributed by atoms with Crippen LogP contribution in [0.4, 0.5) is 0 Å². The lowest BCUT2D eigenvalue weighted by molar-refractivity contribution is -0.144. The average Bonchev–Trinajstić information content (AvgIpc) is 1.99. The van der Waals surface area contributed by atoms with Crippen LogP contribution in [0.3, 0.4) is 0 Å². The Kier molecular flexibility index (Phi) is 5.19. The molecule has 0 bridgehead atoms. The van der Waals surface area contributed by atoms with Gasteiger partial charge in [0.25, 0.3) is 0 Å². The molecule has 0 amide bonds. The van der Waals surface area contributed by atoms with Gasteiger partial charge in [-0.3, -0.25) is 4.79 Å². The van der Waals surface area contributed by atoms with Gasteiger partial charge in [0.15, 0.2) is 0 Å². The van der Waals surface area contributed by atoms with Crippen LogP contribution < -0.4 is 0 Å². The predicted molar refractivity (Wildman–Crippen MR) is 39.6 cm³/mol. The molecule has 0 radical (unpaired) electrons. The highest BCUT2D eigenvalue weighted by molar-refractivity contribution is 6.18. The molecule has 0 saturated heterocycles. The second-order valence-corrected chi connectivity index (χ2v) is 2.57. The first-order valence-corrected chi connectivity index (χ1v) is 3.73. The number of carboxylic acid groups (broad SMARTS) is 1. The molecular weight excluding hydrogens is 172 g/mol. The number of alkyl halides is 1. The van der Waals surface area contributed by atoms with Gasteiger partial charge < -0.3 is 15.3 Å². The van der Waals surface area contributed by atoms with Crippen molar-refractivity contribution in [2.24, 2.45) is 5.92 Å². The highest BCUT2D eigenvalue weighted by Gasteiger charge is 2.19. The van der Waals surface area contributed by atoms with Gasteiger partial charge in [-0.15, -0.1) is 11.6 Å². The van der Waals surface area contributed by atoms with Crippen molar-refractivity contribution in [1.82, 2.24) is 0 Å². The summed E-state index contributed by atoms with van der Waals surface area (Å²) in [7, 11) is 0. The van der Waals surface area contributed by atoms with E-state index in [4.69, 9.17) is 26.9 Å². The molecule has 0 saturated carbocycles. The number of rotatable bonds is 5. The molecule has 1 unspecified atom stereocenters. The molecule has 4 nitrogen and oxygen atoms in total. The normalized spacial score (nSPS) is 15.9. The minimum atomic E-state index is -1.11. The van der Waals surface area contributed by atoms with Crippen molar-refractivity contribution in [3.63, 3.8) is 0 Å². The molecule has 0 fully saturated rings. The van der Waals surface area contributed by atoms with E-state index < -0.39 is 24.6 Å². The standard InChI is InChI=1S/C6H11ClO4/c7-2-5(9)1-4(3-8)6(10)11/h4-5,8-9H,1-3H2,(H,10,11)/t4?,5-/m0/s1. The first-order chi connectivity index (χ1) is 5.11. The smallest absolute Gasteiger partial charge is 0.308 e. The maximum atomic E-state index is 10.3. The zero-order chi connectivity index (χ0) is 8.85. The maximum absolute atomic E-state index is 10.3. The molecule has 11 heavy (non-hydrogen) atoms. The largest absolute Gasteiger partial charge is 0.481 e. The monoisotopic (exact) mass is 182 g/mol. The lowest BCUT2D eigenvalue weighted by Gasteiger charge is -2.11. The van der Waals surface area contributed by atoms with E-state index in [9.17, 15) is 4.79 Å². The first-order valence-electron chi connectivity index (χ1n) is 3.19. The van der Waals surface area contributed by atoms with Gasteiger partial charge in [0.05, 0.1) is 18.6 Å². The predicted octanol–water partition coefficient (Wildman–Crippen LogP) is -0.331. The van der Waals surface area contributed by atoms with E-state index in [2.05, 4.69) is 0 Å². The Morgan fingerprint density at radius 1 is 1.55 bits per heavy atom. The van der Waals surface area contributed by atoms with Gasteiger partial charge in [-0.25, -0.2) is 0 Å². The van der Waals surface area contributed by atoms with Crippen LogP contribution in [0.15, 0.2) is 0 Å². The third kappa shape index (κ3) is 4.19. The quantitative estimate of drug-likeness (QED) is 0.509. The second-order valence-electron chi connectivity index (χ2n) is 2.26. The van der Waals surface area contributed by atoms with Crippen molar-refractivity contribution in [1.29, 1.82) is 0 Å². The molecule has 2 atom stereocenters. The van der Waals surface area contributed by atoms with Gasteiger partial charge in [-0.1, -0.05) is 0 Å². The fourth-order valence-corrected chi connectivity index (χ4v) is 0.771. The van der Waals surface area contributed by atoms with Crippen LogP contribution in [0.25, 0.3) is 0 Å². The van der Waals surface area contributed by atoms with E-state index in [1.807, 2.05) is 0 Å². The minimum absolute atomic E-state index is 0.00463. The zero-order valence-corrected chi connectivity index (χ0v) is 6.66. The summed E-state index contributed by atoms with van der Waals surface area (Å²) in [5, 5.41) is 25.8. The Morgan fingerprint density at radius 2 is 2.09 bits per heavy atom. The molecule has 0 rings (SSSR count).